The molecule has 0 saturated carbocycles. The number of para-hydroxylation sites is 2. The average molecular weight is 425 g/mol. The fourth-order valence-electron chi connectivity index (χ4n) is 3.54. The van der Waals surface area contributed by atoms with Gasteiger partial charge >= 0.3 is 0 Å². The highest BCUT2D eigenvalue weighted by Gasteiger charge is 2.16. The molecule has 4 rings (SSSR count). The Morgan fingerprint density at radius 1 is 0.906 bits per heavy atom. The summed E-state index contributed by atoms with van der Waals surface area (Å²) in [5, 5.41) is 6.49. The molecular weight excluding hydrogens is 402 g/mol. The summed E-state index contributed by atoms with van der Waals surface area (Å²) in [5.74, 6) is 0.208. The van der Waals surface area contributed by atoms with E-state index in [1.165, 1.54) is 6.92 Å². The number of amides is 2. The van der Waals surface area contributed by atoms with Gasteiger partial charge in [0.2, 0.25) is 5.91 Å². The van der Waals surface area contributed by atoms with Crippen LogP contribution in [0.25, 0.3) is 22.2 Å². The molecule has 160 valence electrons. The smallest absolute Gasteiger partial charge is 0.256 e. The number of pyridine rings is 1. The van der Waals surface area contributed by atoms with Gasteiger partial charge in [-0.15, -0.1) is 0 Å². The van der Waals surface area contributed by atoms with Gasteiger partial charge in [-0.3, -0.25) is 9.59 Å². The van der Waals surface area contributed by atoms with Gasteiger partial charge < -0.3 is 15.4 Å². The van der Waals surface area contributed by atoms with Gasteiger partial charge in [-0.1, -0.05) is 35.9 Å². The molecular formula is C26H23N3O3. The first-order valence-electron chi connectivity index (χ1n) is 10.2. The average Bonchev–Trinajstić information content (AvgIpc) is 2.79. The minimum atomic E-state index is -0.247. The number of aromatic nitrogens is 1. The van der Waals surface area contributed by atoms with E-state index < -0.39 is 0 Å². The lowest BCUT2D eigenvalue weighted by Crippen LogP contribution is -2.14. The molecule has 0 radical (unpaired) electrons. The summed E-state index contributed by atoms with van der Waals surface area (Å²) in [6, 6.07) is 22.3. The number of nitrogens with zero attached hydrogens (tertiary/aromatic N) is 1. The molecule has 3 aromatic carbocycles. The standard InChI is InChI=1S/C26H23N3O3/c1-16-8-13-22-20(14-16)21(26(31)29-23-6-4-5-7-25(23)32-3)15-24(28-22)18-9-11-19(12-10-18)27-17(2)30/h4-15H,1-3H3,(H,27,30)(H,29,31). The SMILES string of the molecule is COc1ccccc1NC(=O)c1cc(-c2ccc(NC(C)=O)cc2)nc2ccc(C)cc12. The summed E-state index contributed by atoms with van der Waals surface area (Å²) in [6.07, 6.45) is 0. The van der Waals surface area contributed by atoms with Crippen molar-refractivity contribution in [1.82, 2.24) is 4.98 Å². The fraction of sp³-hybridized carbons (Fsp3) is 0.115. The molecule has 0 aliphatic heterocycles. The number of carbonyl (C=O) groups excluding carboxylic acids is 2. The van der Waals surface area contributed by atoms with Crippen molar-refractivity contribution in [2.75, 3.05) is 17.7 Å². The summed E-state index contributed by atoms with van der Waals surface area (Å²) in [4.78, 5) is 29.4. The highest BCUT2D eigenvalue weighted by Crippen LogP contribution is 2.29. The molecule has 0 spiro atoms. The van der Waals surface area contributed by atoms with E-state index >= 15 is 0 Å². The Bertz CT molecular complexity index is 1310. The second-order valence-electron chi connectivity index (χ2n) is 7.49. The van der Waals surface area contributed by atoms with Crippen LogP contribution in [0.15, 0.2) is 72.8 Å². The number of rotatable bonds is 5. The van der Waals surface area contributed by atoms with E-state index in [1.54, 1.807) is 25.3 Å². The Kier molecular flexibility index (Phi) is 5.85. The van der Waals surface area contributed by atoms with E-state index in [2.05, 4.69) is 10.6 Å². The van der Waals surface area contributed by atoms with Crippen molar-refractivity contribution >= 4 is 34.1 Å². The topological polar surface area (TPSA) is 80.3 Å². The quantitative estimate of drug-likeness (QED) is 0.447. The summed E-state index contributed by atoms with van der Waals surface area (Å²) >= 11 is 0. The lowest BCUT2D eigenvalue weighted by Gasteiger charge is -2.13. The van der Waals surface area contributed by atoms with Crippen molar-refractivity contribution in [1.29, 1.82) is 0 Å². The van der Waals surface area contributed by atoms with Crippen LogP contribution in [0.5, 0.6) is 5.75 Å². The van der Waals surface area contributed by atoms with Crippen molar-refractivity contribution in [2.24, 2.45) is 0 Å². The Morgan fingerprint density at radius 2 is 1.66 bits per heavy atom. The zero-order valence-corrected chi connectivity index (χ0v) is 18.1. The maximum Gasteiger partial charge on any atom is 0.256 e. The van der Waals surface area contributed by atoms with Crippen LogP contribution in [-0.2, 0) is 4.79 Å². The third-order valence-electron chi connectivity index (χ3n) is 5.07. The summed E-state index contributed by atoms with van der Waals surface area (Å²) < 4.78 is 5.36. The van der Waals surface area contributed by atoms with Crippen LogP contribution in [-0.4, -0.2) is 23.9 Å². The lowest BCUT2D eigenvalue weighted by atomic mass is 10.0. The second kappa shape index (κ2) is 8.89. The highest BCUT2D eigenvalue weighted by molar-refractivity contribution is 6.13. The number of nitrogens with one attached hydrogen (secondary N) is 2. The minimum absolute atomic E-state index is 0.132. The lowest BCUT2D eigenvalue weighted by molar-refractivity contribution is -0.114. The Labute approximate surface area is 186 Å². The first-order valence-corrected chi connectivity index (χ1v) is 10.2. The number of aryl methyl sites for hydroxylation is 1. The van der Waals surface area contributed by atoms with Crippen molar-refractivity contribution in [2.45, 2.75) is 13.8 Å². The van der Waals surface area contributed by atoms with Gasteiger partial charge in [0.15, 0.2) is 0 Å². The van der Waals surface area contributed by atoms with Gasteiger partial charge in [-0.2, -0.15) is 0 Å². The molecule has 0 aliphatic carbocycles. The maximum atomic E-state index is 13.3. The monoisotopic (exact) mass is 425 g/mol. The van der Waals surface area contributed by atoms with Crippen LogP contribution in [0.1, 0.15) is 22.8 Å². The van der Waals surface area contributed by atoms with Gasteiger partial charge in [0.1, 0.15) is 5.75 Å². The number of anilines is 2. The summed E-state index contributed by atoms with van der Waals surface area (Å²) in [5.41, 5.74) is 5.09. The van der Waals surface area contributed by atoms with Gasteiger partial charge in [0.25, 0.3) is 5.91 Å². The first kappa shape index (κ1) is 21.1. The third kappa shape index (κ3) is 4.44. The van der Waals surface area contributed by atoms with Crippen molar-refractivity contribution < 1.29 is 14.3 Å². The molecule has 0 saturated heterocycles. The third-order valence-corrected chi connectivity index (χ3v) is 5.07. The molecule has 2 amide bonds. The van der Waals surface area contributed by atoms with Crippen LogP contribution < -0.4 is 15.4 Å². The second-order valence-corrected chi connectivity index (χ2v) is 7.49. The zero-order valence-electron chi connectivity index (χ0n) is 18.1. The predicted molar refractivity (Wildman–Crippen MR) is 127 cm³/mol. The minimum Gasteiger partial charge on any atom is -0.495 e. The van der Waals surface area contributed by atoms with Gasteiger partial charge in [0, 0.05) is 23.6 Å². The first-order chi connectivity index (χ1) is 15.4. The summed E-state index contributed by atoms with van der Waals surface area (Å²) in [6.45, 7) is 3.45. The van der Waals surface area contributed by atoms with E-state index in [0.717, 1.165) is 22.0 Å². The van der Waals surface area contributed by atoms with Gasteiger partial charge in [-0.05, 0) is 49.4 Å². The molecule has 0 bridgehead atoms. The normalized spacial score (nSPS) is 10.6. The molecule has 2 N–H and O–H groups in total. The van der Waals surface area contributed by atoms with Crippen LogP contribution in [0.2, 0.25) is 0 Å². The number of hydrogen-bond acceptors (Lipinski definition) is 4. The molecule has 4 aromatic rings. The largest absolute Gasteiger partial charge is 0.495 e. The van der Waals surface area contributed by atoms with E-state index in [-0.39, 0.29) is 11.8 Å². The summed E-state index contributed by atoms with van der Waals surface area (Å²) in [7, 11) is 1.57. The molecule has 0 fully saturated rings. The highest BCUT2D eigenvalue weighted by atomic mass is 16.5. The van der Waals surface area contributed by atoms with Gasteiger partial charge in [0.05, 0.1) is 29.6 Å². The number of fused-ring (bicyclic) bond motifs is 1. The van der Waals surface area contributed by atoms with Crippen LogP contribution in [0.4, 0.5) is 11.4 Å². The zero-order chi connectivity index (χ0) is 22.7. The Morgan fingerprint density at radius 3 is 2.38 bits per heavy atom. The molecule has 32 heavy (non-hydrogen) atoms. The number of ether oxygens (including phenoxy) is 1. The number of benzene rings is 3. The Hall–Kier alpha value is -4.19. The molecule has 0 unspecified atom stereocenters. The predicted octanol–water partition coefficient (Wildman–Crippen LogP) is 5.43. The van der Waals surface area contributed by atoms with E-state index in [4.69, 9.17) is 9.72 Å². The van der Waals surface area contributed by atoms with E-state index in [1.807, 2.05) is 61.5 Å². The molecule has 6 nitrogen and oxygen atoms in total. The van der Waals surface area contributed by atoms with E-state index in [9.17, 15) is 9.59 Å². The van der Waals surface area contributed by atoms with Crippen molar-refractivity contribution in [3.63, 3.8) is 0 Å². The molecule has 1 aromatic heterocycles. The van der Waals surface area contributed by atoms with Crippen LogP contribution in [0, 0.1) is 6.92 Å². The Balaban J connectivity index is 1.78. The molecule has 6 heteroatoms. The van der Waals surface area contributed by atoms with Crippen molar-refractivity contribution in [3.05, 3.63) is 83.9 Å². The maximum absolute atomic E-state index is 13.3. The van der Waals surface area contributed by atoms with E-state index in [0.29, 0.717) is 28.4 Å². The number of hydrogen-bond donors (Lipinski definition) is 2. The number of carbonyl (C=O) groups is 2. The molecule has 0 aliphatic rings. The number of methoxy groups -OCH3 is 1. The van der Waals surface area contributed by atoms with Crippen LogP contribution in [0.3, 0.4) is 0 Å². The molecule has 1 heterocycles. The molecule has 0 atom stereocenters. The van der Waals surface area contributed by atoms with Crippen LogP contribution >= 0.6 is 0 Å². The van der Waals surface area contributed by atoms with Crippen molar-refractivity contribution in [3.8, 4) is 17.0 Å². The van der Waals surface area contributed by atoms with Gasteiger partial charge in [-0.25, -0.2) is 4.98 Å². The fourth-order valence-corrected chi connectivity index (χ4v) is 3.54.